The molecule has 0 aromatic carbocycles. The Balaban J connectivity index is 0.000000990. The number of amides is 2. The van der Waals surface area contributed by atoms with Crippen LogP contribution in [0.4, 0.5) is 3.89 Å². The summed E-state index contributed by atoms with van der Waals surface area (Å²) in [7, 11) is 5.33. The second kappa shape index (κ2) is 33.0. The Kier molecular flexibility index (Phi) is 32.7. The Morgan fingerprint density at radius 3 is 1.55 bits per heavy atom. The first-order valence-corrected chi connectivity index (χ1v) is 25.2. The summed E-state index contributed by atoms with van der Waals surface area (Å²) in [4.78, 5) is 38.1. The van der Waals surface area contributed by atoms with Crippen molar-refractivity contribution in [2.24, 2.45) is 29.6 Å². The number of rotatable bonds is 17. The molecule has 4 aliphatic heterocycles. The number of hydrogen-bond donors (Lipinski definition) is 8. The van der Waals surface area contributed by atoms with Crippen LogP contribution in [-0.2, 0) is 28.8 Å². The number of aliphatic hydroxyl groups excluding tert-OH is 6. The smallest absolute Gasteiger partial charge is 0.237 e. The fourth-order valence-corrected chi connectivity index (χ4v) is 10.4. The topological polar surface area (TPSA) is 223 Å². The Bertz CT molecular complexity index is 1110. The summed E-state index contributed by atoms with van der Waals surface area (Å²) < 4.78 is 22.2. The zero-order valence-electron chi connectivity index (χ0n) is 38.4. The number of likely N-dealkylation sites (tertiary alicyclic amines) is 2. The molecule has 16 nitrogen and oxygen atoms in total. The summed E-state index contributed by atoms with van der Waals surface area (Å²) in [5.41, 5.74) is -0.632. The Morgan fingerprint density at radius 1 is 0.742 bits per heavy atom. The van der Waals surface area contributed by atoms with E-state index in [-0.39, 0.29) is 80.9 Å². The average Bonchev–Trinajstić information content (AvgIpc) is 3.81. The van der Waals surface area contributed by atoms with Gasteiger partial charge in [-0.1, -0.05) is 54.9 Å². The highest BCUT2D eigenvalue weighted by Gasteiger charge is 2.48. The van der Waals surface area contributed by atoms with Gasteiger partial charge >= 0.3 is 0 Å². The van der Waals surface area contributed by atoms with Gasteiger partial charge in [-0.2, -0.15) is 3.89 Å². The van der Waals surface area contributed by atoms with Crippen LogP contribution in [0.15, 0.2) is 0 Å². The second-order valence-corrected chi connectivity index (χ2v) is 18.8. The van der Waals surface area contributed by atoms with E-state index in [1.165, 1.54) is 31.5 Å². The lowest BCUT2D eigenvalue weighted by Gasteiger charge is -2.46. The quantitative estimate of drug-likeness (QED) is 0.0597. The molecule has 4 saturated heterocycles. The van der Waals surface area contributed by atoms with Gasteiger partial charge in [-0.3, -0.25) is 19.4 Å². The lowest BCUT2D eigenvalue weighted by molar-refractivity contribution is -0.275. The fraction of sp³-hybridized carbons (Fsp3) is 0.952. The van der Waals surface area contributed by atoms with Gasteiger partial charge in [-0.15, -0.1) is 23.5 Å². The Morgan fingerprint density at radius 2 is 1.18 bits per heavy atom. The highest BCUT2D eigenvalue weighted by molar-refractivity contribution is 7.99. The zero-order valence-corrected chi connectivity index (χ0v) is 40.8. The lowest BCUT2D eigenvalue weighted by Crippen LogP contribution is -2.64. The molecule has 4 fully saturated rings. The Hall–Kier alpha value is -0.560. The third-order valence-electron chi connectivity index (χ3n) is 12.4. The minimum atomic E-state index is -1.40. The standard InChI is InChI=1S/C20H38N2O3S.C17H32N2O6S.C3H8O3.CH3FS.CH4/c1-7-8-15-9-17(22(5)10-15)19(24)21-16(11-23)18-13(3)12(2)14(4)20(25-18)26-6;1-4-5-9-6-11(19(2)7-9)16(24)18-10(8-20)15-13(22)12(21)14(23)17(25-15)26-3;1-5-6-3-2-4;1-3-2;/h12-18,20,23H,7-11H2,1-6H3,(H,21,24);9-15,17,20-23H,4-8H2,1-3H3,(H,18,24);4H,2-3H2,1H3;1H3;1H4/t12-,13?,14-,15-,16-,17+,18+,20?;9-,10-,11+,12-,13?,14-,15-,17?;;;/m11.../s1. The van der Waals surface area contributed by atoms with Crippen molar-refractivity contribution in [3.05, 3.63) is 0 Å². The van der Waals surface area contributed by atoms with E-state index in [1.54, 1.807) is 18.0 Å². The SMILES string of the molecule is C.CCC[C@@H]1C[C@@H](C(=O)N[C@H](CO)[C@H]2OC(SC)[C@H](C)[C@H](C)C2C)N(C)C1.CCC[C@@H]1C[C@@H](C(=O)N[C@H](CO)[C@H]2OC(SC)[C@H](O)[C@H](O)C2O)N(C)C1.COOCCO.CSF. The van der Waals surface area contributed by atoms with Crippen LogP contribution in [0.5, 0.6) is 0 Å². The largest absolute Gasteiger partial charge is 0.394 e. The first kappa shape index (κ1) is 61.4. The molecule has 2 amide bonds. The first-order chi connectivity index (χ1) is 29.0. The Labute approximate surface area is 385 Å². The van der Waals surface area contributed by atoms with Crippen LogP contribution in [0.2, 0.25) is 0 Å². The number of thioether (sulfide) groups is 2. The van der Waals surface area contributed by atoms with Crippen molar-refractivity contribution < 1.29 is 63.4 Å². The number of carbonyl (C=O) groups excluding carboxylic acids is 2. The van der Waals surface area contributed by atoms with Crippen molar-refractivity contribution in [3.63, 3.8) is 0 Å². The van der Waals surface area contributed by atoms with Gasteiger partial charge in [-0.05, 0) is 81.9 Å². The molecule has 0 radical (unpaired) electrons. The molecule has 8 N–H and O–H groups in total. The third kappa shape index (κ3) is 18.6. The molecular formula is C42H85FN4O12S3. The predicted octanol–water partition coefficient (Wildman–Crippen LogP) is 2.76. The van der Waals surface area contributed by atoms with Crippen LogP contribution in [-0.4, -0.2) is 197 Å². The van der Waals surface area contributed by atoms with E-state index in [4.69, 9.17) is 14.6 Å². The average molecular weight is 953 g/mol. The summed E-state index contributed by atoms with van der Waals surface area (Å²) in [6, 6.07) is -1.59. The molecule has 4 heterocycles. The van der Waals surface area contributed by atoms with Crippen LogP contribution in [0.3, 0.4) is 0 Å². The molecule has 0 aromatic rings. The summed E-state index contributed by atoms with van der Waals surface area (Å²) in [5, 5.41) is 63.8. The molecule has 16 atom stereocenters. The highest BCUT2D eigenvalue weighted by Crippen LogP contribution is 2.40. The third-order valence-corrected chi connectivity index (χ3v) is 14.2. The first-order valence-electron chi connectivity index (χ1n) is 21.5. The van der Waals surface area contributed by atoms with E-state index in [2.05, 4.69) is 66.2 Å². The van der Waals surface area contributed by atoms with Gasteiger partial charge in [0.05, 0.1) is 57.2 Å². The van der Waals surface area contributed by atoms with Gasteiger partial charge in [0.1, 0.15) is 41.9 Å². The zero-order chi connectivity index (χ0) is 46.4. The van der Waals surface area contributed by atoms with Crippen LogP contribution in [0, 0.1) is 29.6 Å². The lowest BCUT2D eigenvalue weighted by atomic mass is 9.77. The molecule has 0 bridgehead atoms. The molecule has 370 valence electrons. The van der Waals surface area contributed by atoms with Gasteiger partial charge in [0, 0.05) is 31.5 Å². The molecule has 0 spiro atoms. The van der Waals surface area contributed by atoms with Crippen molar-refractivity contribution in [2.45, 2.75) is 146 Å². The van der Waals surface area contributed by atoms with Crippen LogP contribution in [0.25, 0.3) is 0 Å². The maximum Gasteiger partial charge on any atom is 0.237 e. The maximum atomic E-state index is 12.9. The number of halogens is 1. The van der Waals surface area contributed by atoms with E-state index < -0.39 is 42.5 Å². The fourth-order valence-electron chi connectivity index (χ4n) is 8.76. The normalized spacial score (nSPS) is 34.5. The monoisotopic (exact) mass is 953 g/mol. The number of ether oxygens (including phenoxy) is 2. The number of carbonyl (C=O) groups is 2. The van der Waals surface area contributed by atoms with Gasteiger partial charge in [-0.25, -0.2) is 9.78 Å². The predicted molar refractivity (Wildman–Crippen MR) is 248 cm³/mol. The van der Waals surface area contributed by atoms with Gasteiger partial charge < -0.3 is 50.7 Å². The van der Waals surface area contributed by atoms with Crippen LogP contribution >= 0.6 is 35.7 Å². The van der Waals surface area contributed by atoms with E-state index in [0.717, 1.165) is 45.2 Å². The van der Waals surface area contributed by atoms with Crippen molar-refractivity contribution in [2.75, 3.05) is 79.5 Å². The molecule has 0 aliphatic carbocycles. The van der Waals surface area contributed by atoms with Crippen molar-refractivity contribution >= 4 is 47.5 Å². The number of aliphatic hydroxyl groups is 6. The summed E-state index contributed by atoms with van der Waals surface area (Å²) >= 11 is 3.16. The molecule has 20 heteroatoms. The van der Waals surface area contributed by atoms with E-state index in [0.29, 0.717) is 29.6 Å². The van der Waals surface area contributed by atoms with Gasteiger partial charge in [0.15, 0.2) is 0 Å². The van der Waals surface area contributed by atoms with E-state index in [9.17, 15) is 39.0 Å². The van der Waals surface area contributed by atoms with Crippen LogP contribution < -0.4 is 10.6 Å². The van der Waals surface area contributed by atoms with Gasteiger partial charge in [0.25, 0.3) is 0 Å². The molecular weight excluding hydrogens is 868 g/mol. The van der Waals surface area contributed by atoms with E-state index in [1.807, 2.05) is 19.0 Å². The minimum Gasteiger partial charge on any atom is -0.394 e. The van der Waals surface area contributed by atoms with E-state index >= 15 is 0 Å². The maximum absolute atomic E-state index is 12.9. The van der Waals surface area contributed by atoms with Crippen molar-refractivity contribution in [3.8, 4) is 0 Å². The summed E-state index contributed by atoms with van der Waals surface area (Å²) in [6.45, 7) is 12.6. The summed E-state index contributed by atoms with van der Waals surface area (Å²) in [6.07, 6.45) is 6.11. The van der Waals surface area contributed by atoms with Gasteiger partial charge in [0.2, 0.25) is 11.8 Å². The van der Waals surface area contributed by atoms with Crippen LogP contribution in [0.1, 0.15) is 80.6 Å². The molecule has 4 unspecified atom stereocenters. The number of nitrogens with one attached hydrogen (secondary N) is 2. The number of likely N-dealkylation sites (N-methyl/N-ethyl adjacent to an activating group) is 2. The number of nitrogens with zero attached hydrogens (tertiary/aromatic N) is 2. The minimum absolute atomic E-state index is 0. The molecule has 0 aromatic heterocycles. The molecule has 4 aliphatic rings. The molecule has 0 saturated carbocycles. The van der Waals surface area contributed by atoms with Crippen molar-refractivity contribution in [1.29, 1.82) is 0 Å². The molecule has 62 heavy (non-hydrogen) atoms. The molecule has 4 rings (SSSR count). The number of hydrogen-bond acceptors (Lipinski definition) is 17. The van der Waals surface area contributed by atoms with Crippen molar-refractivity contribution in [1.82, 2.24) is 20.4 Å². The highest BCUT2D eigenvalue weighted by atomic mass is 32.2. The summed E-state index contributed by atoms with van der Waals surface area (Å²) in [5.74, 6) is 2.13. The second-order valence-electron chi connectivity index (χ2n) is 16.6.